The molecule has 0 atom stereocenters. The van der Waals surface area contributed by atoms with Gasteiger partial charge in [0, 0.05) is 111 Å². The molecule has 6 aromatic rings. The van der Waals surface area contributed by atoms with Gasteiger partial charge in [0.25, 0.3) is 11.8 Å². The normalized spacial score (nSPS) is 19.0. The van der Waals surface area contributed by atoms with Crippen LogP contribution in [0.4, 0.5) is 39.4 Å². The number of aromatic nitrogens is 4. The van der Waals surface area contributed by atoms with Gasteiger partial charge in [-0.25, -0.2) is 23.9 Å². The molecule has 0 aliphatic carbocycles. The minimum atomic E-state index is -0.760. The molecule has 0 saturated carbocycles. The Morgan fingerprint density at radius 1 is 0.632 bits per heavy atom. The van der Waals surface area contributed by atoms with Crippen molar-refractivity contribution in [2.75, 3.05) is 85.9 Å². The Labute approximate surface area is 398 Å². The number of carbonyl (C=O) groups is 4. The molecule has 5 aliphatic heterocycles. The topological polar surface area (TPSA) is 167 Å². The highest BCUT2D eigenvalue weighted by atomic mass is 35.5. The quantitative estimate of drug-likeness (QED) is 0.115. The second-order valence-corrected chi connectivity index (χ2v) is 18.5. The summed E-state index contributed by atoms with van der Waals surface area (Å²) in [5, 5.41) is 10.8. The third-order valence-electron chi connectivity index (χ3n) is 14.0. The third-order valence-corrected chi connectivity index (χ3v) is 14.3. The third kappa shape index (κ3) is 8.68. The van der Waals surface area contributed by atoms with E-state index in [1.165, 1.54) is 9.77 Å². The molecule has 2 aromatic heterocycles. The second kappa shape index (κ2) is 18.5. The van der Waals surface area contributed by atoms with Crippen LogP contribution in [0.1, 0.15) is 52.8 Å². The lowest BCUT2D eigenvalue weighted by molar-refractivity contribution is -0.122. The fourth-order valence-electron chi connectivity index (χ4n) is 10.3. The Morgan fingerprint density at radius 2 is 1.28 bits per heavy atom. The molecular formula is C50H52ClN13O4. The number of benzene rings is 4. The van der Waals surface area contributed by atoms with Gasteiger partial charge < -0.3 is 25.3 Å². The van der Waals surface area contributed by atoms with Crippen LogP contribution in [0.2, 0.25) is 0 Å². The number of hydrogen-bond acceptors (Lipinski definition) is 13. The molecule has 4 aromatic carbocycles. The van der Waals surface area contributed by atoms with Gasteiger partial charge in [0.1, 0.15) is 11.2 Å². The van der Waals surface area contributed by atoms with Gasteiger partial charge in [0.15, 0.2) is 5.65 Å². The Morgan fingerprint density at radius 3 is 2.00 bits per heavy atom. The van der Waals surface area contributed by atoms with E-state index in [0.717, 1.165) is 117 Å². The van der Waals surface area contributed by atoms with Crippen LogP contribution < -0.4 is 25.8 Å². The average Bonchev–Trinajstić information content (AvgIpc) is 3.82. The van der Waals surface area contributed by atoms with E-state index in [4.69, 9.17) is 26.7 Å². The van der Waals surface area contributed by atoms with E-state index in [1.807, 2.05) is 66.7 Å². The second-order valence-electron chi connectivity index (χ2n) is 18.2. The number of nitrogens with zero attached hydrogens (tertiary/aromatic N) is 10. The van der Waals surface area contributed by atoms with E-state index >= 15 is 0 Å². The molecule has 68 heavy (non-hydrogen) atoms. The number of nitrogens with one attached hydrogen (secondary N) is 3. The number of halogens is 1. The van der Waals surface area contributed by atoms with Crippen LogP contribution in [0.25, 0.3) is 22.4 Å². The van der Waals surface area contributed by atoms with Crippen molar-refractivity contribution in [1.82, 2.24) is 44.2 Å². The van der Waals surface area contributed by atoms with Crippen LogP contribution in [0.5, 0.6) is 0 Å². The number of imidazole rings is 1. The molecule has 18 heteroatoms. The number of anilines is 6. The number of hydrazine groups is 1. The lowest BCUT2D eigenvalue weighted by Gasteiger charge is -2.44. The SMILES string of the molecule is O=C1CCN(N2C(=O)c3ccc(N4CCC(CN5CCN(C6CCN(c7ccc(Nc8nc(-c9ccccc9)c9nc(Nc%10ccccc%10)n(Cl)c9n8)cc7)CC6)CC5)CC4)cc3C2=O)C(=O)N1. The molecular weight excluding hydrogens is 882 g/mol. The molecule has 11 rings (SSSR count). The Bertz CT molecular complexity index is 2860. The maximum atomic E-state index is 13.4. The number of carbonyl (C=O) groups excluding carboxylic acids is 4. The van der Waals surface area contributed by atoms with E-state index < -0.39 is 23.8 Å². The van der Waals surface area contributed by atoms with Crippen LogP contribution in [0, 0.1) is 5.92 Å². The van der Waals surface area contributed by atoms with Gasteiger partial charge in [-0.15, -0.1) is 0 Å². The van der Waals surface area contributed by atoms with Gasteiger partial charge in [0.2, 0.25) is 17.8 Å². The molecule has 4 saturated heterocycles. The van der Waals surface area contributed by atoms with Crippen molar-refractivity contribution in [2.24, 2.45) is 5.92 Å². The van der Waals surface area contributed by atoms with Gasteiger partial charge >= 0.3 is 6.03 Å². The number of piperidine rings is 2. The van der Waals surface area contributed by atoms with Crippen LogP contribution >= 0.6 is 11.8 Å². The number of piperazine rings is 1. The molecule has 0 radical (unpaired) electrons. The van der Waals surface area contributed by atoms with Crippen molar-refractivity contribution in [1.29, 1.82) is 0 Å². The van der Waals surface area contributed by atoms with E-state index in [1.54, 1.807) is 12.1 Å². The zero-order valence-corrected chi connectivity index (χ0v) is 38.3. The molecule has 4 fully saturated rings. The summed E-state index contributed by atoms with van der Waals surface area (Å²) in [5.74, 6) is -0.0196. The van der Waals surface area contributed by atoms with Gasteiger partial charge in [-0.3, -0.25) is 24.6 Å². The van der Waals surface area contributed by atoms with E-state index in [9.17, 15) is 19.2 Å². The molecule has 5 aliphatic rings. The number of fused-ring (bicyclic) bond motifs is 2. The molecule has 0 spiro atoms. The van der Waals surface area contributed by atoms with Crippen LogP contribution in [-0.4, -0.2) is 134 Å². The summed E-state index contributed by atoms with van der Waals surface area (Å²) in [5.41, 5.74) is 7.12. The van der Waals surface area contributed by atoms with Crippen molar-refractivity contribution in [3.05, 3.63) is 114 Å². The highest BCUT2D eigenvalue weighted by Gasteiger charge is 2.43. The summed E-state index contributed by atoms with van der Waals surface area (Å²) in [6.45, 7) is 9.20. The van der Waals surface area contributed by atoms with Crippen molar-refractivity contribution in [3.8, 4) is 11.3 Å². The lowest BCUT2D eigenvalue weighted by Crippen LogP contribution is -2.58. The van der Waals surface area contributed by atoms with Crippen LogP contribution in [0.15, 0.2) is 103 Å². The molecule has 348 valence electrons. The van der Waals surface area contributed by atoms with Gasteiger partial charge in [0.05, 0.1) is 17.7 Å². The Hall–Kier alpha value is -7.08. The molecule has 0 unspecified atom stereocenters. The first-order valence-electron chi connectivity index (χ1n) is 23.5. The first-order chi connectivity index (χ1) is 33.2. The minimum absolute atomic E-state index is 0.0180. The summed E-state index contributed by atoms with van der Waals surface area (Å²) in [6.07, 6.45) is 4.41. The summed E-state index contributed by atoms with van der Waals surface area (Å²) in [6, 6.07) is 33.4. The largest absolute Gasteiger partial charge is 0.371 e. The van der Waals surface area contributed by atoms with Crippen molar-refractivity contribution in [2.45, 2.75) is 38.1 Å². The fraction of sp³-hybridized carbons (Fsp3) is 0.340. The standard InChI is InChI=1S/C50H52ClN13O4/c51-63-45-44(56-49(63)53-35-9-5-2-6-10-35)43(34-7-3-1-4-8-34)55-48(57-45)52-36-11-13-37(14-12-36)59-24-19-38(20-25-59)61-29-27-58(28-30-61)32-33-17-22-60(23-18-33)39-15-16-40-41(31-39)47(67)64(46(40)66)62-26-21-42(65)54-50(62)68/h1-16,31,33,38H,17-30,32H2,(H,53,56)(H,52,55,57)(H,54,65,68). The summed E-state index contributed by atoms with van der Waals surface area (Å²) < 4.78 is 1.44. The first-order valence-corrected chi connectivity index (χ1v) is 23.9. The summed E-state index contributed by atoms with van der Waals surface area (Å²) in [4.78, 5) is 75.2. The zero-order valence-electron chi connectivity index (χ0n) is 37.6. The Balaban J connectivity index is 0.645. The van der Waals surface area contributed by atoms with Crippen molar-refractivity contribution < 1.29 is 19.2 Å². The van der Waals surface area contributed by atoms with Crippen LogP contribution in [-0.2, 0) is 4.79 Å². The number of urea groups is 1. The predicted octanol–water partition coefficient (Wildman–Crippen LogP) is 6.94. The van der Waals surface area contributed by atoms with E-state index in [0.29, 0.717) is 46.3 Å². The predicted molar refractivity (Wildman–Crippen MR) is 261 cm³/mol. The van der Waals surface area contributed by atoms with Gasteiger partial charge in [-0.2, -0.15) is 9.99 Å². The van der Waals surface area contributed by atoms with E-state index in [-0.39, 0.29) is 18.5 Å². The summed E-state index contributed by atoms with van der Waals surface area (Å²) >= 11 is 6.84. The minimum Gasteiger partial charge on any atom is -0.371 e. The lowest BCUT2D eigenvalue weighted by atomic mass is 9.95. The Kier molecular flexibility index (Phi) is 11.9. The van der Waals surface area contributed by atoms with Gasteiger partial charge in [-0.1, -0.05) is 48.5 Å². The number of para-hydroxylation sites is 1. The monoisotopic (exact) mass is 933 g/mol. The number of hydrogen-bond donors (Lipinski definition) is 3. The fourth-order valence-corrected chi connectivity index (χ4v) is 10.5. The van der Waals surface area contributed by atoms with Crippen LogP contribution in [0.3, 0.4) is 0 Å². The van der Waals surface area contributed by atoms with E-state index in [2.05, 4.69) is 59.8 Å². The molecule has 0 bridgehead atoms. The van der Waals surface area contributed by atoms with Crippen molar-refractivity contribution >= 4 is 81.3 Å². The van der Waals surface area contributed by atoms with Gasteiger partial charge in [-0.05, 0) is 86.2 Å². The summed E-state index contributed by atoms with van der Waals surface area (Å²) in [7, 11) is 0. The maximum absolute atomic E-state index is 13.4. The molecule has 17 nitrogen and oxygen atoms in total. The maximum Gasteiger partial charge on any atom is 0.343 e. The van der Waals surface area contributed by atoms with Crippen molar-refractivity contribution in [3.63, 3.8) is 0 Å². The molecule has 5 amide bonds. The number of imide groups is 2. The number of rotatable bonds is 11. The zero-order chi connectivity index (χ0) is 46.3. The molecule has 3 N–H and O–H groups in total. The highest BCUT2D eigenvalue weighted by Crippen LogP contribution is 2.34. The smallest absolute Gasteiger partial charge is 0.343 e. The highest BCUT2D eigenvalue weighted by molar-refractivity contribution is 6.22. The molecule has 7 heterocycles. The first kappa shape index (κ1) is 43.5. The number of amides is 5. The average molecular weight is 935 g/mol.